The number of alkyl carbamates (subject to hydrolysis) is 1. The lowest BCUT2D eigenvalue weighted by Crippen LogP contribution is -2.47. The third-order valence-electron chi connectivity index (χ3n) is 9.74. The van der Waals surface area contributed by atoms with Crippen LogP contribution in [-0.4, -0.2) is 81.8 Å². The highest BCUT2D eigenvalue weighted by atomic mass is 31.2. The number of carbonyl (C=O) groups excluding carboxylic acids is 3. The first kappa shape index (κ1) is 46.2. The van der Waals surface area contributed by atoms with Crippen molar-refractivity contribution in [2.45, 2.75) is 121 Å². The molecule has 1 aliphatic heterocycles. The highest BCUT2D eigenvalue weighted by molar-refractivity contribution is 7.52. The van der Waals surface area contributed by atoms with E-state index in [1.165, 1.54) is 19.1 Å². The third-order valence-corrected chi connectivity index (χ3v) is 11.3. The zero-order valence-corrected chi connectivity index (χ0v) is 34.7. The Hall–Kier alpha value is -4.91. The number of aliphatic hydroxyl groups excluding tert-OH is 1. The van der Waals surface area contributed by atoms with Gasteiger partial charge in [0.15, 0.2) is 31.5 Å². The van der Waals surface area contributed by atoms with E-state index >= 15 is 4.39 Å². The van der Waals surface area contributed by atoms with Crippen LogP contribution in [0.4, 0.5) is 9.18 Å². The van der Waals surface area contributed by atoms with Gasteiger partial charge in [-0.15, -0.1) is 0 Å². The van der Waals surface area contributed by atoms with Gasteiger partial charge in [-0.2, -0.15) is 5.09 Å². The van der Waals surface area contributed by atoms with Gasteiger partial charge in [0.1, 0.15) is 24.0 Å². The van der Waals surface area contributed by atoms with Crippen LogP contribution < -0.4 is 26.2 Å². The molecule has 0 unspecified atom stereocenters. The first-order valence-electron chi connectivity index (χ1n) is 19.7. The maximum Gasteiger partial charge on any atom is 0.461 e. The predicted molar refractivity (Wildman–Crippen MR) is 211 cm³/mol. The minimum absolute atomic E-state index is 0.141. The van der Waals surface area contributed by atoms with Crippen molar-refractivity contribution in [2.75, 3.05) is 13.4 Å². The van der Waals surface area contributed by atoms with Crippen LogP contribution in [0.25, 0.3) is 0 Å². The second-order valence-corrected chi connectivity index (χ2v) is 16.5. The number of hydrogen-bond donors (Lipinski definition) is 3. The fourth-order valence-electron chi connectivity index (χ4n) is 6.60. The Morgan fingerprint density at radius 1 is 0.983 bits per heavy atom. The topological polar surface area (TPSA) is 221 Å². The summed E-state index contributed by atoms with van der Waals surface area (Å²) in [5.41, 5.74) is -4.22. The number of amides is 1. The second-order valence-electron chi connectivity index (χ2n) is 14.8. The van der Waals surface area contributed by atoms with Crippen LogP contribution in [0.15, 0.2) is 82.5 Å². The van der Waals surface area contributed by atoms with Crippen molar-refractivity contribution in [3.63, 3.8) is 0 Å². The number of ether oxygens (including phenoxy) is 5. The number of benzene rings is 2. The summed E-state index contributed by atoms with van der Waals surface area (Å²) in [7, 11) is -4.24. The number of rotatable bonds is 19. The molecule has 0 radical (unpaired) electrons. The van der Waals surface area contributed by atoms with Gasteiger partial charge in [-0.1, -0.05) is 55.0 Å². The summed E-state index contributed by atoms with van der Waals surface area (Å²) in [4.78, 5) is 65.1. The molecular weight excluding hydrogens is 810 g/mol. The van der Waals surface area contributed by atoms with E-state index in [9.17, 15) is 33.6 Å². The molecule has 3 aromatic rings. The second kappa shape index (κ2) is 21.1. The summed E-state index contributed by atoms with van der Waals surface area (Å²) < 4.78 is 69.5. The van der Waals surface area contributed by atoms with Gasteiger partial charge in [-0.05, 0) is 77.5 Å². The predicted octanol–water partition coefficient (Wildman–Crippen LogP) is 4.80. The molecule has 1 amide bonds. The zero-order chi connectivity index (χ0) is 43.5. The Kier molecular flexibility index (Phi) is 16.2. The van der Waals surface area contributed by atoms with Crippen LogP contribution in [0.3, 0.4) is 0 Å². The molecule has 2 aliphatic rings. The number of nitrogens with one attached hydrogen (secondary N) is 2. The molecule has 2 heterocycles. The molecule has 2 aromatic carbocycles. The summed E-state index contributed by atoms with van der Waals surface area (Å²) in [6.07, 6.45) is -1.19. The Morgan fingerprint density at radius 3 is 2.32 bits per heavy atom. The normalized spacial score (nSPS) is 22.6. The molecule has 2 fully saturated rings. The maximum absolute atomic E-state index is 16.2. The van der Waals surface area contributed by atoms with E-state index in [1.807, 2.05) is 0 Å². The number of esters is 2. The van der Waals surface area contributed by atoms with Crippen LogP contribution in [0.1, 0.15) is 84.1 Å². The van der Waals surface area contributed by atoms with Gasteiger partial charge < -0.3 is 38.6 Å². The van der Waals surface area contributed by atoms with Crippen molar-refractivity contribution in [2.24, 2.45) is 0 Å². The molecule has 1 aromatic heterocycles. The molecular formula is C40H52FN4O14P. The molecule has 20 heteroatoms. The van der Waals surface area contributed by atoms with E-state index in [0.29, 0.717) is 23.0 Å². The smallest absolute Gasteiger partial charge is 0.461 e. The summed E-state index contributed by atoms with van der Waals surface area (Å²) in [5, 5.41) is 16.0. The van der Waals surface area contributed by atoms with E-state index in [1.54, 1.807) is 62.4 Å². The van der Waals surface area contributed by atoms with Crippen molar-refractivity contribution in [3.05, 3.63) is 99.3 Å². The molecule has 5 rings (SSSR count). The first-order valence-corrected chi connectivity index (χ1v) is 21.2. The number of halogens is 1. The lowest BCUT2D eigenvalue weighted by Gasteiger charge is -2.25. The molecule has 1 saturated heterocycles. The van der Waals surface area contributed by atoms with Crippen molar-refractivity contribution >= 4 is 25.8 Å². The Morgan fingerprint density at radius 2 is 1.65 bits per heavy atom. The van der Waals surface area contributed by atoms with Crippen molar-refractivity contribution in [3.8, 4) is 5.75 Å². The van der Waals surface area contributed by atoms with E-state index in [4.69, 9.17) is 32.7 Å². The van der Waals surface area contributed by atoms with E-state index in [2.05, 4.69) is 10.4 Å². The average Bonchev–Trinajstić information content (AvgIpc) is 3.43. The minimum Gasteiger partial charge on any atom is -0.462 e. The van der Waals surface area contributed by atoms with Gasteiger partial charge >= 0.3 is 31.5 Å². The molecule has 3 N–H and O–H groups in total. The quantitative estimate of drug-likeness (QED) is 0.0485. The molecule has 60 heavy (non-hydrogen) atoms. The fraction of sp³-hybridized carbons (Fsp3) is 0.525. The number of alkyl halides is 1. The van der Waals surface area contributed by atoms with Gasteiger partial charge in [0.2, 0.25) is 0 Å². The number of aliphatic hydroxyl groups is 1. The van der Waals surface area contributed by atoms with Crippen LogP contribution in [0.2, 0.25) is 0 Å². The fourth-order valence-corrected chi connectivity index (χ4v) is 7.97. The van der Waals surface area contributed by atoms with Gasteiger partial charge in [0.05, 0.1) is 18.8 Å². The molecule has 1 saturated carbocycles. The summed E-state index contributed by atoms with van der Waals surface area (Å²) in [6.45, 7) is 3.99. The highest BCUT2D eigenvalue weighted by Crippen LogP contribution is 2.45. The Bertz CT molecular complexity index is 2060. The van der Waals surface area contributed by atoms with Crippen LogP contribution in [0.5, 0.6) is 5.75 Å². The summed E-state index contributed by atoms with van der Waals surface area (Å²) in [5.74, 6) is -1.53. The first-order chi connectivity index (χ1) is 28.6. The summed E-state index contributed by atoms with van der Waals surface area (Å²) in [6, 6.07) is 14.7. The molecule has 7 atom stereocenters. The minimum atomic E-state index is -4.24. The molecule has 18 nitrogen and oxygen atoms in total. The van der Waals surface area contributed by atoms with Crippen LogP contribution >= 0.6 is 7.75 Å². The third kappa shape index (κ3) is 12.3. The Balaban J connectivity index is 1.20. The average molecular weight is 863 g/mol. The lowest BCUT2D eigenvalue weighted by atomic mass is 9.97. The Labute approximate surface area is 345 Å². The van der Waals surface area contributed by atoms with Crippen molar-refractivity contribution in [1.82, 2.24) is 19.5 Å². The lowest BCUT2D eigenvalue weighted by molar-refractivity contribution is -0.151. The summed E-state index contributed by atoms with van der Waals surface area (Å²) >= 11 is 0. The van der Waals surface area contributed by atoms with Crippen LogP contribution in [-0.2, 0) is 49.1 Å². The SMILES string of the molecule is CC(C)OC(=O)[C@H](C)N[P@@](=O)(OCOCC[C@H]1O[C@@H](n2ccc(=O)n(COC(=O)[C@H](NC(=O)OC3CCCCC3)c3ccccc3)c2=O)[C@](C)(F)[C@@H]1O)Oc1ccccc1. The number of aromatic nitrogens is 2. The molecule has 328 valence electrons. The van der Waals surface area contributed by atoms with Gasteiger partial charge in [-0.3, -0.25) is 18.7 Å². The number of nitrogens with zero attached hydrogens (tertiary/aromatic N) is 2. The van der Waals surface area contributed by atoms with Gasteiger partial charge in [0, 0.05) is 12.3 Å². The van der Waals surface area contributed by atoms with Crippen molar-refractivity contribution < 1.29 is 61.2 Å². The monoisotopic (exact) mass is 862 g/mol. The molecule has 0 spiro atoms. The van der Waals surface area contributed by atoms with E-state index < -0.39 is 92.8 Å². The van der Waals surface area contributed by atoms with Gasteiger partial charge in [0.25, 0.3) is 5.56 Å². The van der Waals surface area contributed by atoms with Crippen LogP contribution in [0, 0.1) is 0 Å². The number of carbonyl (C=O) groups is 3. The largest absolute Gasteiger partial charge is 0.462 e. The number of para-hydroxylation sites is 1. The van der Waals surface area contributed by atoms with E-state index in [-0.39, 0.29) is 24.9 Å². The molecule has 0 bridgehead atoms. The standard InChI is InChI=1S/C40H52FN4O14P/c1-26(2)56-35(48)27(3)43-60(52,59-30-18-12-7-13-19-30)55-25-53-23-21-31-34(47)40(4,41)37(58-31)44-22-20-32(46)45(39(44)51)24-54-36(49)33(28-14-8-5-9-15-28)42-38(50)57-29-16-10-6-11-17-29/h5,7-9,12-15,18-20,22,26-27,29,31,33-34,37,47H,6,10-11,16-17,21,23-25H2,1-4H3,(H,42,50)(H,43,52)/t27-,31+,33+,34+,37+,40+,60+/m0/s1. The van der Waals surface area contributed by atoms with E-state index in [0.717, 1.165) is 43.0 Å². The number of hydrogen-bond acceptors (Lipinski definition) is 14. The van der Waals surface area contributed by atoms with Gasteiger partial charge in [-0.25, -0.2) is 27.9 Å². The maximum atomic E-state index is 16.2. The zero-order valence-electron chi connectivity index (χ0n) is 33.8. The van der Waals surface area contributed by atoms with Crippen molar-refractivity contribution in [1.29, 1.82) is 0 Å². The molecule has 1 aliphatic carbocycles. The highest BCUT2D eigenvalue weighted by Gasteiger charge is 2.55.